The second-order valence-corrected chi connectivity index (χ2v) is 7.70. The molecule has 4 nitrogen and oxygen atoms in total. The Balaban J connectivity index is 1.48. The maximum atomic E-state index is 13.3. The first-order valence-electron chi connectivity index (χ1n) is 8.69. The van der Waals surface area contributed by atoms with Crippen LogP contribution in [0, 0.1) is 5.82 Å². The molecule has 0 aliphatic carbocycles. The zero-order chi connectivity index (χ0) is 17.8. The number of hydrogen-bond acceptors (Lipinski definition) is 4. The molecule has 1 fully saturated rings. The Labute approximate surface area is 156 Å². The highest BCUT2D eigenvalue weighted by molar-refractivity contribution is 7.21. The minimum Gasteiger partial charge on any atom is -0.351 e. The molecule has 1 aromatic heterocycles. The molecule has 0 bridgehead atoms. The Morgan fingerprint density at radius 2 is 2.00 bits per heavy atom. The van der Waals surface area contributed by atoms with Gasteiger partial charge in [-0.05, 0) is 37.7 Å². The van der Waals surface area contributed by atoms with Gasteiger partial charge in [0.25, 0.3) is 5.91 Å². The summed E-state index contributed by atoms with van der Waals surface area (Å²) in [6.45, 7) is 9.34. The summed E-state index contributed by atoms with van der Waals surface area (Å²) in [4.78, 5) is 17.7. The predicted octanol–water partition coefficient (Wildman–Crippen LogP) is 3.45. The molecule has 1 amide bonds. The molecule has 0 spiro atoms. The van der Waals surface area contributed by atoms with Gasteiger partial charge < -0.3 is 15.1 Å². The molecular formula is C18H23ClFN3OS. The minimum absolute atomic E-state index is 0.178. The van der Waals surface area contributed by atoms with Gasteiger partial charge in [0.2, 0.25) is 0 Å². The lowest BCUT2D eigenvalue weighted by atomic mass is 10.2. The van der Waals surface area contributed by atoms with E-state index in [9.17, 15) is 9.18 Å². The van der Waals surface area contributed by atoms with E-state index in [1.54, 1.807) is 6.07 Å². The Bertz CT molecular complexity index is 743. The molecule has 0 radical (unpaired) electrons. The molecule has 0 unspecified atom stereocenters. The van der Waals surface area contributed by atoms with Crippen molar-refractivity contribution in [1.29, 1.82) is 0 Å². The fourth-order valence-electron chi connectivity index (χ4n) is 3.10. The molecule has 136 valence electrons. The van der Waals surface area contributed by atoms with E-state index in [2.05, 4.69) is 22.0 Å². The van der Waals surface area contributed by atoms with Gasteiger partial charge in [-0.3, -0.25) is 4.79 Å². The first-order valence-corrected chi connectivity index (χ1v) is 9.88. The summed E-state index contributed by atoms with van der Waals surface area (Å²) in [6, 6.07) is 4.40. The SMILES string of the molecule is CCN1CCN(CCCNC(=O)c2sc3cc(F)ccc3c2Cl)CC1. The normalized spacial score (nSPS) is 16.4. The van der Waals surface area contributed by atoms with E-state index in [0.717, 1.165) is 51.1 Å². The first kappa shape index (κ1) is 18.6. The summed E-state index contributed by atoms with van der Waals surface area (Å²) in [5.74, 6) is -0.497. The van der Waals surface area contributed by atoms with Crippen molar-refractivity contribution >= 4 is 38.9 Å². The number of fused-ring (bicyclic) bond motifs is 1. The van der Waals surface area contributed by atoms with Gasteiger partial charge in [-0.15, -0.1) is 11.3 Å². The summed E-state index contributed by atoms with van der Waals surface area (Å²) < 4.78 is 14.0. The molecule has 3 rings (SSSR count). The van der Waals surface area contributed by atoms with Crippen molar-refractivity contribution in [2.24, 2.45) is 0 Å². The summed E-state index contributed by atoms with van der Waals surface area (Å²) in [5, 5.41) is 4.07. The van der Waals surface area contributed by atoms with Crippen LogP contribution in [0.15, 0.2) is 18.2 Å². The maximum Gasteiger partial charge on any atom is 0.262 e. The van der Waals surface area contributed by atoms with Gasteiger partial charge in [0.05, 0.1) is 5.02 Å². The third-order valence-corrected chi connectivity index (χ3v) is 6.30. The Morgan fingerprint density at radius 3 is 2.72 bits per heavy atom. The van der Waals surface area contributed by atoms with Crippen LogP contribution in [0.25, 0.3) is 10.1 Å². The number of hydrogen-bond donors (Lipinski definition) is 1. The number of halogens is 2. The average molecular weight is 384 g/mol. The van der Waals surface area contributed by atoms with Gasteiger partial charge in [-0.1, -0.05) is 18.5 Å². The maximum absolute atomic E-state index is 13.3. The molecule has 2 aromatic rings. The Hall–Kier alpha value is -1.21. The lowest BCUT2D eigenvalue weighted by Crippen LogP contribution is -2.46. The fraction of sp³-hybridized carbons (Fsp3) is 0.500. The standard InChI is InChI=1S/C18H23ClFN3OS/c1-2-22-8-10-23(11-9-22)7-3-6-21-18(24)17-16(19)14-5-4-13(20)12-15(14)25-17/h4-5,12H,2-3,6-11H2,1H3,(H,21,24). The number of amides is 1. The van der Waals surface area contributed by atoms with Crippen LogP contribution in [0.3, 0.4) is 0 Å². The van der Waals surface area contributed by atoms with Crippen molar-refractivity contribution in [2.45, 2.75) is 13.3 Å². The van der Waals surface area contributed by atoms with Gasteiger partial charge in [-0.25, -0.2) is 4.39 Å². The highest BCUT2D eigenvalue weighted by Gasteiger charge is 2.18. The molecule has 2 heterocycles. The van der Waals surface area contributed by atoms with Gasteiger partial charge >= 0.3 is 0 Å². The van der Waals surface area contributed by atoms with Crippen LogP contribution in [0.2, 0.25) is 5.02 Å². The molecule has 1 aromatic carbocycles. The van der Waals surface area contributed by atoms with Crippen molar-refractivity contribution in [3.63, 3.8) is 0 Å². The molecule has 0 atom stereocenters. The molecule has 7 heteroatoms. The van der Waals surface area contributed by atoms with Crippen LogP contribution in [0.4, 0.5) is 4.39 Å². The van der Waals surface area contributed by atoms with E-state index >= 15 is 0 Å². The monoisotopic (exact) mass is 383 g/mol. The van der Waals surface area contributed by atoms with Gasteiger partial charge in [0.15, 0.2) is 0 Å². The summed E-state index contributed by atoms with van der Waals surface area (Å²) >= 11 is 7.52. The zero-order valence-electron chi connectivity index (χ0n) is 14.4. The highest BCUT2D eigenvalue weighted by atomic mass is 35.5. The van der Waals surface area contributed by atoms with Crippen LogP contribution >= 0.6 is 22.9 Å². The molecule has 0 saturated carbocycles. The van der Waals surface area contributed by atoms with E-state index in [1.807, 2.05) is 0 Å². The number of nitrogens with zero attached hydrogens (tertiary/aromatic N) is 2. The van der Waals surface area contributed by atoms with E-state index in [-0.39, 0.29) is 11.7 Å². The topological polar surface area (TPSA) is 35.6 Å². The highest BCUT2D eigenvalue weighted by Crippen LogP contribution is 2.35. The van der Waals surface area contributed by atoms with Crippen LogP contribution in [-0.4, -0.2) is 61.5 Å². The number of likely N-dealkylation sites (N-methyl/N-ethyl adjacent to an activating group) is 1. The van der Waals surface area contributed by atoms with Gasteiger partial charge in [-0.2, -0.15) is 0 Å². The first-order chi connectivity index (χ1) is 12.1. The molecule has 1 aliphatic heterocycles. The number of carbonyl (C=O) groups is 1. The van der Waals surface area contributed by atoms with E-state index in [4.69, 9.17) is 11.6 Å². The van der Waals surface area contributed by atoms with Crippen LogP contribution in [-0.2, 0) is 0 Å². The van der Waals surface area contributed by atoms with Crippen molar-refractivity contribution in [1.82, 2.24) is 15.1 Å². The van der Waals surface area contributed by atoms with Crippen LogP contribution < -0.4 is 5.32 Å². The number of rotatable bonds is 6. The summed E-state index contributed by atoms with van der Waals surface area (Å²) in [5.41, 5.74) is 0. The fourth-order valence-corrected chi connectivity index (χ4v) is 4.56. The average Bonchev–Trinajstić information content (AvgIpc) is 2.95. The second kappa shape index (κ2) is 8.45. The number of thiophene rings is 1. The van der Waals surface area contributed by atoms with Crippen molar-refractivity contribution in [2.75, 3.05) is 45.8 Å². The Kier molecular flexibility index (Phi) is 6.28. The molecule has 1 saturated heterocycles. The van der Waals surface area contributed by atoms with Crippen molar-refractivity contribution in [3.05, 3.63) is 33.9 Å². The number of benzene rings is 1. The molecule has 1 N–H and O–H groups in total. The quantitative estimate of drug-likeness (QED) is 0.776. The zero-order valence-corrected chi connectivity index (χ0v) is 15.9. The minimum atomic E-state index is -0.319. The van der Waals surface area contributed by atoms with E-state index in [1.165, 1.54) is 23.5 Å². The number of nitrogens with one attached hydrogen (secondary N) is 1. The molecule has 25 heavy (non-hydrogen) atoms. The van der Waals surface area contributed by atoms with Crippen molar-refractivity contribution < 1.29 is 9.18 Å². The second-order valence-electron chi connectivity index (χ2n) is 6.27. The summed E-state index contributed by atoms with van der Waals surface area (Å²) in [6.07, 6.45) is 0.912. The van der Waals surface area contributed by atoms with Gasteiger partial charge in [0, 0.05) is 42.8 Å². The molecule has 1 aliphatic rings. The Morgan fingerprint density at radius 1 is 1.28 bits per heavy atom. The lowest BCUT2D eigenvalue weighted by Gasteiger charge is -2.33. The number of carbonyl (C=O) groups excluding carboxylic acids is 1. The van der Waals surface area contributed by atoms with E-state index < -0.39 is 0 Å². The van der Waals surface area contributed by atoms with E-state index in [0.29, 0.717) is 21.1 Å². The third-order valence-electron chi connectivity index (χ3n) is 4.65. The van der Waals surface area contributed by atoms with Crippen LogP contribution in [0.5, 0.6) is 0 Å². The third kappa shape index (κ3) is 4.50. The molecular weight excluding hydrogens is 361 g/mol. The summed E-state index contributed by atoms with van der Waals surface area (Å²) in [7, 11) is 0. The largest absolute Gasteiger partial charge is 0.351 e. The van der Waals surface area contributed by atoms with Gasteiger partial charge in [0.1, 0.15) is 10.7 Å². The smallest absolute Gasteiger partial charge is 0.262 e. The van der Waals surface area contributed by atoms with Crippen molar-refractivity contribution in [3.8, 4) is 0 Å². The number of piperazine rings is 1. The predicted molar refractivity (Wildman–Crippen MR) is 102 cm³/mol. The van der Waals surface area contributed by atoms with Crippen LogP contribution in [0.1, 0.15) is 23.0 Å². The lowest BCUT2D eigenvalue weighted by molar-refractivity contribution is 0.0952.